The molecule has 0 spiro atoms. The highest BCUT2D eigenvalue weighted by Crippen LogP contribution is 2.18. The third-order valence-corrected chi connectivity index (χ3v) is 1.97. The summed E-state index contributed by atoms with van der Waals surface area (Å²) in [5, 5.41) is 0. The largest absolute Gasteiger partial charge is 0.327 e. The molecule has 0 aliphatic carbocycles. The predicted octanol–water partition coefficient (Wildman–Crippen LogP) is 2.84. The number of benzene rings is 1. The van der Waals surface area contributed by atoms with Crippen LogP contribution in [-0.4, -0.2) is 6.54 Å². The maximum absolute atomic E-state index is 12.9. The van der Waals surface area contributed by atoms with Crippen molar-refractivity contribution in [1.29, 1.82) is 0 Å². The number of halogens is 3. The van der Waals surface area contributed by atoms with E-state index < -0.39 is 6.17 Å². The molecule has 1 aromatic rings. The van der Waals surface area contributed by atoms with Crippen LogP contribution in [0, 0.1) is 0 Å². The minimum atomic E-state index is -1.04. The van der Waals surface area contributed by atoms with Crippen LogP contribution in [0.25, 0.3) is 0 Å². The number of hydrogen-bond donors (Lipinski definition) is 1. The summed E-state index contributed by atoms with van der Waals surface area (Å²) in [4.78, 5) is 0. The summed E-state index contributed by atoms with van der Waals surface area (Å²) in [5.41, 5.74) is 5.79. The summed E-state index contributed by atoms with van der Waals surface area (Å²) in [6, 6.07) is 7.05. The molecule has 1 aromatic carbocycles. The third-order valence-electron chi connectivity index (χ3n) is 1.44. The lowest BCUT2D eigenvalue weighted by Gasteiger charge is -2.03. The van der Waals surface area contributed by atoms with E-state index in [0.29, 0.717) is 5.56 Å². The van der Waals surface area contributed by atoms with Crippen molar-refractivity contribution >= 4 is 28.3 Å². The molecule has 0 saturated carbocycles. The standard InChI is InChI=1S/C8H9BrFN.ClH/c9-7-3-1-6(2-4-7)8(10)5-11;/h1-4,8H,5,11H2;1H. The number of alkyl halides is 1. The zero-order chi connectivity index (χ0) is 8.27. The van der Waals surface area contributed by atoms with Gasteiger partial charge >= 0.3 is 0 Å². The summed E-state index contributed by atoms with van der Waals surface area (Å²) < 4.78 is 13.8. The SMILES string of the molecule is Cl.NCC(F)c1ccc(Br)cc1. The topological polar surface area (TPSA) is 26.0 Å². The van der Waals surface area contributed by atoms with E-state index in [4.69, 9.17) is 5.73 Å². The molecule has 2 N–H and O–H groups in total. The highest BCUT2D eigenvalue weighted by molar-refractivity contribution is 9.10. The van der Waals surface area contributed by atoms with Gasteiger partial charge in [0.1, 0.15) is 6.17 Å². The molecule has 0 heterocycles. The van der Waals surface area contributed by atoms with Gasteiger partial charge in [-0.25, -0.2) is 4.39 Å². The lowest BCUT2D eigenvalue weighted by Crippen LogP contribution is -2.07. The lowest BCUT2D eigenvalue weighted by molar-refractivity contribution is 0.353. The summed E-state index contributed by atoms with van der Waals surface area (Å²) in [6.07, 6.45) is -1.04. The Labute approximate surface area is 85.7 Å². The van der Waals surface area contributed by atoms with E-state index in [0.717, 1.165) is 4.47 Å². The van der Waals surface area contributed by atoms with Gasteiger partial charge in [-0.3, -0.25) is 0 Å². The summed E-state index contributed by atoms with van der Waals surface area (Å²) >= 11 is 3.26. The zero-order valence-electron chi connectivity index (χ0n) is 6.34. The number of nitrogens with two attached hydrogens (primary N) is 1. The number of hydrogen-bond acceptors (Lipinski definition) is 1. The highest BCUT2D eigenvalue weighted by atomic mass is 79.9. The van der Waals surface area contributed by atoms with E-state index in [1.807, 2.05) is 0 Å². The van der Waals surface area contributed by atoms with Crippen LogP contribution in [0.15, 0.2) is 28.7 Å². The van der Waals surface area contributed by atoms with Gasteiger partial charge in [-0.05, 0) is 17.7 Å². The summed E-state index contributed by atoms with van der Waals surface area (Å²) in [5.74, 6) is 0. The Morgan fingerprint density at radius 3 is 2.25 bits per heavy atom. The monoisotopic (exact) mass is 253 g/mol. The van der Waals surface area contributed by atoms with Gasteiger partial charge in [0.05, 0.1) is 0 Å². The van der Waals surface area contributed by atoms with Crippen molar-refractivity contribution in [2.24, 2.45) is 5.73 Å². The smallest absolute Gasteiger partial charge is 0.137 e. The molecule has 12 heavy (non-hydrogen) atoms. The second kappa shape index (κ2) is 5.51. The Balaban J connectivity index is 0.00000121. The Hall–Kier alpha value is -0.120. The fourth-order valence-corrected chi connectivity index (χ4v) is 1.07. The summed E-state index contributed by atoms with van der Waals surface area (Å²) in [6.45, 7) is 0.0433. The molecule has 0 aliphatic rings. The van der Waals surface area contributed by atoms with Crippen molar-refractivity contribution in [3.8, 4) is 0 Å². The summed E-state index contributed by atoms with van der Waals surface area (Å²) in [7, 11) is 0. The van der Waals surface area contributed by atoms with Crippen molar-refractivity contribution in [3.63, 3.8) is 0 Å². The lowest BCUT2D eigenvalue weighted by atomic mass is 10.1. The van der Waals surface area contributed by atoms with Gasteiger partial charge in [0.2, 0.25) is 0 Å². The average molecular weight is 255 g/mol. The van der Waals surface area contributed by atoms with Crippen LogP contribution in [-0.2, 0) is 0 Å². The first-order valence-electron chi connectivity index (χ1n) is 3.33. The Bertz CT molecular complexity index is 227. The average Bonchev–Trinajstić information content (AvgIpc) is 2.05. The van der Waals surface area contributed by atoms with E-state index in [1.165, 1.54) is 0 Å². The molecule has 0 bridgehead atoms. The molecule has 0 fully saturated rings. The van der Waals surface area contributed by atoms with Crippen molar-refractivity contribution in [2.75, 3.05) is 6.54 Å². The molecule has 0 saturated heterocycles. The molecule has 1 atom stereocenters. The molecule has 1 unspecified atom stereocenters. The van der Waals surface area contributed by atoms with E-state index in [-0.39, 0.29) is 19.0 Å². The first kappa shape index (κ1) is 11.9. The Kier molecular flexibility index (Phi) is 5.46. The van der Waals surface area contributed by atoms with Crippen LogP contribution in [0.3, 0.4) is 0 Å². The molecule has 4 heteroatoms. The van der Waals surface area contributed by atoms with Crippen molar-refractivity contribution < 1.29 is 4.39 Å². The second-order valence-corrected chi connectivity index (χ2v) is 3.17. The quantitative estimate of drug-likeness (QED) is 0.863. The van der Waals surface area contributed by atoms with Crippen LogP contribution in [0.5, 0.6) is 0 Å². The van der Waals surface area contributed by atoms with Gasteiger partial charge in [0.15, 0.2) is 0 Å². The normalized spacial score (nSPS) is 11.9. The molecule has 1 rings (SSSR count). The maximum Gasteiger partial charge on any atom is 0.137 e. The van der Waals surface area contributed by atoms with E-state index >= 15 is 0 Å². The first-order valence-corrected chi connectivity index (χ1v) is 4.13. The fraction of sp³-hybridized carbons (Fsp3) is 0.250. The molecular formula is C8H10BrClFN. The van der Waals surface area contributed by atoms with Crippen LogP contribution in [0.2, 0.25) is 0 Å². The molecule has 0 aliphatic heterocycles. The van der Waals surface area contributed by atoms with Crippen molar-refractivity contribution in [2.45, 2.75) is 6.17 Å². The van der Waals surface area contributed by atoms with Crippen LogP contribution < -0.4 is 5.73 Å². The van der Waals surface area contributed by atoms with Crippen LogP contribution >= 0.6 is 28.3 Å². The zero-order valence-corrected chi connectivity index (χ0v) is 8.74. The maximum atomic E-state index is 12.9. The van der Waals surface area contributed by atoms with Crippen molar-refractivity contribution in [3.05, 3.63) is 34.3 Å². The minimum absolute atomic E-state index is 0. The number of rotatable bonds is 2. The van der Waals surface area contributed by atoms with Gasteiger partial charge in [-0.2, -0.15) is 0 Å². The third kappa shape index (κ3) is 3.09. The van der Waals surface area contributed by atoms with Gasteiger partial charge in [0.25, 0.3) is 0 Å². The minimum Gasteiger partial charge on any atom is -0.327 e. The van der Waals surface area contributed by atoms with E-state index in [9.17, 15) is 4.39 Å². The van der Waals surface area contributed by atoms with E-state index in [1.54, 1.807) is 24.3 Å². The van der Waals surface area contributed by atoms with Crippen molar-refractivity contribution in [1.82, 2.24) is 0 Å². The second-order valence-electron chi connectivity index (χ2n) is 2.25. The Morgan fingerprint density at radius 1 is 1.33 bits per heavy atom. The molecule has 0 amide bonds. The van der Waals surface area contributed by atoms with E-state index in [2.05, 4.69) is 15.9 Å². The van der Waals surface area contributed by atoms with Gasteiger partial charge < -0.3 is 5.73 Å². The fourth-order valence-electron chi connectivity index (χ4n) is 0.808. The highest BCUT2D eigenvalue weighted by Gasteiger charge is 2.05. The van der Waals surface area contributed by atoms with Gasteiger partial charge in [-0.1, -0.05) is 28.1 Å². The Morgan fingerprint density at radius 2 is 1.83 bits per heavy atom. The molecular weight excluding hydrogens is 244 g/mol. The molecule has 0 aromatic heterocycles. The van der Waals surface area contributed by atoms with Crippen LogP contribution in [0.1, 0.15) is 11.7 Å². The van der Waals surface area contributed by atoms with Gasteiger partial charge in [0, 0.05) is 11.0 Å². The molecule has 68 valence electrons. The van der Waals surface area contributed by atoms with Crippen LogP contribution in [0.4, 0.5) is 4.39 Å². The van der Waals surface area contributed by atoms with Gasteiger partial charge in [-0.15, -0.1) is 12.4 Å². The first-order chi connectivity index (χ1) is 5.24. The molecule has 0 radical (unpaired) electrons. The molecule has 1 nitrogen and oxygen atoms in total. The predicted molar refractivity (Wildman–Crippen MR) is 54.3 cm³/mol.